The molecule has 0 unspecified atom stereocenters. The summed E-state index contributed by atoms with van der Waals surface area (Å²) in [6.45, 7) is 6.29. The van der Waals surface area contributed by atoms with Crippen LogP contribution in [0.4, 0.5) is 0 Å². The average Bonchev–Trinajstić information content (AvgIpc) is 3.39. The average molecular weight is 395 g/mol. The van der Waals surface area contributed by atoms with Gasteiger partial charge in [-0.3, -0.25) is 0 Å². The summed E-state index contributed by atoms with van der Waals surface area (Å²) in [5.41, 5.74) is 7.58. The smallest absolute Gasteiger partial charge is 0.336 e. The molecule has 0 aliphatic heterocycles. The molecular weight excluding hydrogens is 374 g/mol. The molecule has 5 rings (SSSR count). The second kappa shape index (κ2) is 6.63. The van der Waals surface area contributed by atoms with Gasteiger partial charge in [-0.2, -0.15) is 0 Å². The number of benzene rings is 3. The van der Waals surface area contributed by atoms with Crippen molar-refractivity contribution in [1.29, 1.82) is 0 Å². The number of fused-ring (bicyclic) bond motifs is 2. The molecule has 0 aliphatic carbocycles. The van der Waals surface area contributed by atoms with Crippen LogP contribution in [0.1, 0.15) is 27.0 Å². The molecule has 5 aromatic rings. The number of aryl methyl sites for hydroxylation is 3. The van der Waals surface area contributed by atoms with Crippen molar-refractivity contribution in [3.05, 3.63) is 82.9 Å². The highest BCUT2D eigenvalue weighted by Crippen LogP contribution is 2.35. The first kappa shape index (κ1) is 18.3. The van der Waals surface area contributed by atoms with Crippen molar-refractivity contribution < 1.29 is 14.3 Å². The van der Waals surface area contributed by atoms with Crippen LogP contribution in [-0.2, 0) is 0 Å². The van der Waals surface area contributed by atoms with E-state index >= 15 is 0 Å². The van der Waals surface area contributed by atoms with Crippen LogP contribution in [-0.4, -0.2) is 16.1 Å². The van der Waals surface area contributed by atoms with Crippen LogP contribution in [0.2, 0.25) is 0 Å². The van der Waals surface area contributed by atoms with E-state index in [9.17, 15) is 9.90 Å². The van der Waals surface area contributed by atoms with Gasteiger partial charge in [-0.15, -0.1) is 0 Å². The fourth-order valence-electron chi connectivity index (χ4n) is 4.20. The number of carbonyl (C=O) groups is 1. The lowest BCUT2D eigenvalue weighted by molar-refractivity contribution is 0.0699. The summed E-state index contributed by atoms with van der Waals surface area (Å²) in [4.78, 5) is 15.1. The lowest BCUT2D eigenvalue weighted by atomic mass is 9.98. The molecule has 0 saturated heterocycles. The van der Waals surface area contributed by atoms with Crippen molar-refractivity contribution >= 4 is 27.7 Å². The normalized spacial score (nSPS) is 11.4. The molecule has 4 heteroatoms. The molecular formula is C26H21NO3. The van der Waals surface area contributed by atoms with Gasteiger partial charge < -0.3 is 14.5 Å². The van der Waals surface area contributed by atoms with Gasteiger partial charge in [0.2, 0.25) is 0 Å². The Labute approximate surface area is 173 Å². The fourth-order valence-corrected chi connectivity index (χ4v) is 4.20. The molecule has 2 heterocycles. The Balaban J connectivity index is 1.65. The Morgan fingerprint density at radius 2 is 1.57 bits per heavy atom. The molecule has 148 valence electrons. The molecule has 2 aromatic heterocycles. The Bertz CT molecular complexity index is 1450. The quantitative estimate of drug-likeness (QED) is 0.350. The molecule has 0 spiro atoms. The van der Waals surface area contributed by atoms with Crippen LogP contribution in [0, 0.1) is 20.8 Å². The molecule has 0 fully saturated rings. The number of rotatable bonds is 3. The van der Waals surface area contributed by atoms with Gasteiger partial charge in [-0.05, 0) is 72.5 Å². The first-order valence-corrected chi connectivity index (χ1v) is 9.89. The van der Waals surface area contributed by atoms with Gasteiger partial charge in [-0.1, -0.05) is 36.4 Å². The van der Waals surface area contributed by atoms with Crippen LogP contribution >= 0.6 is 0 Å². The van der Waals surface area contributed by atoms with Gasteiger partial charge in [0.05, 0.1) is 11.3 Å². The maximum atomic E-state index is 11.6. The van der Waals surface area contributed by atoms with Gasteiger partial charge in [0.15, 0.2) is 5.76 Å². The molecule has 0 saturated carbocycles. The molecule has 0 amide bonds. The van der Waals surface area contributed by atoms with Crippen molar-refractivity contribution in [2.75, 3.05) is 0 Å². The van der Waals surface area contributed by atoms with Gasteiger partial charge in [0.25, 0.3) is 0 Å². The largest absolute Gasteiger partial charge is 0.478 e. The highest BCUT2D eigenvalue weighted by atomic mass is 16.4. The molecule has 0 aliphatic rings. The van der Waals surface area contributed by atoms with Gasteiger partial charge in [0, 0.05) is 16.6 Å². The minimum Gasteiger partial charge on any atom is -0.478 e. The molecule has 2 N–H and O–H groups in total. The van der Waals surface area contributed by atoms with Gasteiger partial charge in [0.1, 0.15) is 5.58 Å². The van der Waals surface area contributed by atoms with E-state index in [0.29, 0.717) is 5.56 Å². The summed E-state index contributed by atoms with van der Waals surface area (Å²) in [5, 5.41) is 12.3. The van der Waals surface area contributed by atoms with Crippen LogP contribution in [0.15, 0.2) is 65.1 Å². The van der Waals surface area contributed by atoms with Crippen LogP contribution in [0.25, 0.3) is 44.5 Å². The predicted octanol–water partition coefficient (Wildman–Crippen LogP) is 6.87. The Kier molecular flexibility index (Phi) is 4.03. The first-order chi connectivity index (χ1) is 14.4. The standard InChI is InChI=1S/C26H21NO3/c1-14-12-15(2)21-13-24(30-25(21)16(14)3)23-11-10-22(27-23)19-8-9-20(26(28)29)18-7-5-4-6-17(18)19/h4-13,27H,1-3H3,(H,28,29). The van der Waals surface area contributed by atoms with E-state index < -0.39 is 5.97 Å². The second-order valence-corrected chi connectivity index (χ2v) is 7.79. The summed E-state index contributed by atoms with van der Waals surface area (Å²) in [5.74, 6) is -0.132. The fraction of sp³-hybridized carbons (Fsp3) is 0.115. The maximum absolute atomic E-state index is 11.6. The summed E-state index contributed by atoms with van der Waals surface area (Å²) in [7, 11) is 0. The van der Waals surface area contributed by atoms with Crippen molar-refractivity contribution in [1.82, 2.24) is 4.98 Å². The number of aromatic nitrogens is 1. The molecule has 30 heavy (non-hydrogen) atoms. The number of aromatic amines is 1. The van der Waals surface area contributed by atoms with Crippen LogP contribution < -0.4 is 0 Å². The lowest BCUT2D eigenvalue weighted by Crippen LogP contribution is -1.98. The highest BCUT2D eigenvalue weighted by molar-refractivity contribution is 6.08. The highest BCUT2D eigenvalue weighted by Gasteiger charge is 2.16. The topological polar surface area (TPSA) is 66.2 Å². The SMILES string of the molecule is Cc1cc(C)c2cc(-c3ccc(-c4ccc(C(=O)O)c5ccccc45)[nH]3)oc2c1C. The Morgan fingerprint density at radius 3 is 2.33 bits per heavy atom. The van der Waals surface area contributed by atoms with Gasteiger partial charge in [-0.25, -0.2) is 4.79 Å². The zero-order valence-electron chi connectivity index (χ0n) is 17.0. The van der Waals surface area contributed by atoms with Crippen LogP contribution in [0.3, 0.4) is 0 Å². The van der Waals surface area contributed by atoms with Crippen molar-refractivity contribution in [2.24, 2.45) is 0 Å². The zero-order chi connectivity index (χ0) is 21.0. The number of H-pyrrole nitrogens is 1. The van der Waals surface area contributed by atoms with Crippen molar-refractivity contribution in [3.8, 4) is 22.7 Å². The van der Waals surface area contributed by atoms with E-state index in [1.165, 1.54) is 11.1 Å². The molecule has 3 aromatic carbocycles. The summed E-state index contributed by atoms with van der Waals surface area (Å²) < 4.78 is 6.22. The van der Waals surface area contributed by atoms with E-state index in [-0.39, 0.29) is 0 Å². The van der Waals surface area contributed by atoms with E-state index in [2.05, 4.69) is 37.9 Å². The molecule has 0 bridgehead atoms. The van der Waals surface area contributed by atoms with Gasteiger partial charge >= 0.3 is 5.97 Å². The Hall–Kier alpha value is -3.79. The number of carboxylic acid groups (broad SMARTS) is 1. The summed E-state index contributed by atoms with van der Waals surface area (Å²) >= 11 is 0. The Morgan fingerprint density at radius 1 is 0.833 bits per heavy atom. The zero-order valence-corrected chi connectivity index (χ0v) is 17.0. The van der Waals surface area contributed by atoms with E-state index in [1.54, 1.807) is 6.07 Å². The maximum Gasteiger partial charge on any atom is 0.336 e. The number of furan rings is 1. The van der Waals surface area contributed by atoms with Crippen molar-refractivity contribution in [2.45, 2.75) is 20.8 Å². The predicted molar refractivity (Wildman–Crippen MR) is 120 cm³/mol. The lowest BCUT2D eigenvalue weighted by Gasteiger charge is -2.08. The molecule has 0 radical (unpaired) electrons. The number of hydrogen-bond acceptors (Lipinski definition) is 2. The van der Waals surface area contributed by atoms with E-state index in [1.807, 2.05) is 42.5 Å². The number of hydrogen-bond donors (Lipinski definition) is 2. The molecule has 4 nitrogen and oxygen atoms in total. The molecule has 0 atom stereocenters. The number of carboxylic acids is 1. The van der Waals surface area contributed by atoms with E-state index in [0.717, 1.165) is 50.0 Å². The minimum absolute atomic E-state index is 0.305. The van der Waals surface area contributed by atoms with Crippen LogP contribution in [0.5, 0.6) is 0 Å². The monoisotopic (exact) mass is 395 g/mol. The number of nitrogens with one attached hydrogen (secondary N) is 1. The third kappa shape index (κ3) is 2.72. The van der Waals surface area contributed by atoms with E-state index in [4.69, 9.17) is 4.42 Å². The second-order valence-electron chi connectivity index (χ2n) is 7.79. The third-order valence-corrected chi connectivity index (χ3v) is 5.92. The first-order valence-electron chi connectivity index (χ1n) is 9.89. The third-order valence-electron chi connectivity index (χ3n) is 5.92. The minimum atomic E-state index is -0.923. The van der Waals surface area contributed by atoms with Crippen molar-refractivity contribution in [3.63, 3.8) is 0 Å². The number of aromatic carboxylic acids is 1. The summed E-state index contributed by atoms with van der Waals surface area (Å²) in [6, 6.07) is 19.4. The summed E-state index contributed by atoms with van der Waals surface area (Å²) in [6.07, 6.45) is 0.